The summed E-state index contributed by atoms with van der Waals surface area (Å²) in [5, 5.41) is 2.81. The van der Waals surface area contributed by atoms with Crippen LogP contribution in [-0.4, -0.2) is 37.3 Å². The van der Waals surface area contributed by atoms with Crippen LogP contribution in [0.3, 0.4) is 0 Å². The van der Waals surface area contributed by atoms with Crippen LogP contribution in [0.5, 0.6) is 0 Å². The Labute approximate surface area is 103 Å². The van der Waals surface area contributed by atoms with Crippen LogP contribution in [0.1, 0.15) is 10.5 Å². The van der Waals surface area contributed by atoms with E-state index in [1.165, 1.54) is 19.2 Å². The summed E-state index contributed by atoms with van der Waals surface area (Å²) in [7, 11) is 1.26. The van der Waals surface area contributed by atoms with Gasteiger partial charge in [-0.3, -0.25) is 0 Å². The molecule has 1 aromatic heterocycles. The molecule has 0 unspecified atom stereocenters. The SMILES string of the molecule is COC(=O)c1ccc(N)c(NCCOC(N)=O)n1. The first-order valence-corrected chi connectivity index (χ1v) is 5.05. The molecule has 0 spiro atoms. The van der Waals surface area contributed by atoms with Gasteiger partial charge in [0, 0.05) is 0 Å². The van der Waals surface area contributed by atoms with Gasteiger partial charge in [-0.25, -0.2) is 14.6 Å². The third-order valence-electron chi connectivity index (χ3n) is 1.96. The Morgan fingerprint density at radius 2 is 2.17 bits per heavy atom. The van der Waals surface area contributed by atoms with Gasteiger partial charge >= 0.3 is 12.1 Å². The molecule has 0 radical (unpaired) electrons. The Morgan fingerprint density at radius 3 is 2.78 bits per heavy atom. The smallest absolute Gasteiger partial charge is 0.404 e. The van der Waals surface area contributed by atoms with Gasteiger partial charge in [-0.05, 0) is 12.1 Å². The van der Waals surface area contributed by atoms with Gasteiger partial charge in [-0.2, -0.15) is 0 Å². The van der Waals surface area contributed by atoms with Crippen molar-refractivity contribution in [2.24, 2.45) is 5.73 Å². The number of hydrogen-bond donors (Lipinski definition) is 3. The number of esters is 1. The molecule has 1 heterocycles. The molecule has 8 heteroatoms. The second-order valence-corrected chi connectivity index (χ2v) is 3.22. The maximum atomic E-state index is 11.3. The fraction of sp³-hybridized carbons (Fsp3) is 0.300. The van der Waals surface area contributed by atoms with E-state index in [9.17, 15) is 9.59 Å². The summed E-state index contributed by atoms with van der Waals surface area (Å²) in [6, 6.07) is 2.97. The molecule has 0 aliphatic heterocycles. The fourth-order valence-electron chi connectivity index (χ4n) is 1.15. The van der Waals surface area contributed by atoms with E-state index in [2.05, 4.69) is 19.8 Å². The lowest BCUT2D eigenvalue weighted by Crippen LogP contribution is -2.19. The number of primary amides is 1. The van der Waals surface area contributed by atoms with Crippen LogP contribution < -0.4 is 16.8 Å². The summed E-state index contributed by atoms with van der Waals surface area (Å²) in [4.78, 5) is 25.6. The number of methoxy groups -OCH3 is 1. The molecule has 0 aromatic carbocycles. The van der Waals surface area contributed by atoms with Crippen molar-refractivity contribution in [3.63, 3.8) is 0 Å². The number of nitrogens with two attached hydrogens (primary N) is 2. The Hall–Kier alpha value is -2.51. The predicted octanol–water partition coefficient (Wildman–Crippen LogP) is -0.0424. The number of pyridine rings is 1. The zero-order valence-electron chi connectivity index (χ0n) is 9.80. The summed E-state index contributed by atoms with van der Waals surface area (Å²) < 4.78 is 9.05. The zero-order valence-corrected chi connectivity index (χ0v) is 9.80. The average molecular weight is 254 g/mol. The maximum Gasteiger partial charge on any atom is 0.404 e. The number of hydrogen-bond acceptors (Lipinski definition) is 7. The standard InChI is InChI=1S/C10H14N4O4/c1-17-9(15)7-3-2-6(11)8(14-7)13-4-5-18-10(12)16/h2-3H,4-5,11H2,1H3,(H2,12,16)(H,13,14). The fourth-order valence-corrected chi connectivity index (χ4v) is 1.15. The Morgan fingerprint density at radius 1 is 1.44 bits per heavy atom. The molecule has 0 atom stereocenters. The number of ether oxygens (including phenoxy) is 2. The minimum atomic E-state index is -0.860. The summed E-state index contributed by atoms with van der Waals surface area (Å²) in [5.41, 5.74) is 10.9. The van der Waals surface area contributed by atoms with E-state index in [1.807, 2.05) is 0 Å². The Kier molecular flexibility index (Phi) is 4.73. The number of nitrogen functional groups attached to an aromatic ring is 1. The van der Waals surface area contributed by atoms with Crippen molar-refractivity contribution in [3.05, 3.63) is 17.8 Å². The van der Waals surface area contributed by atoms with E-state index in [1.54, 1.807) is 0 Å². The number of rotatable bonds is 5. The van der Waals surface area contributed by atoms with Gasteiger partial charge in [0.2, 0.25) is 0 Å². The first-order chi connectivity index (χ1) is 8.54. The number of aromatic nitrogens is 1. The normalized spacial score (nSPS) is 9.61. The molecule has 1 aromatic rings. The summed E-state index contributed by atoms with van der Waals surface area (Å²) in [6.45, 7) is 0.337. The van der Waals surface area contributed by atoms with Crippen LogP contribution in [0.4, 0.5) is 16.3 Å². The third-order valence-corrected chi connectivity index (χ3v) is 1.96. The van der Waals surface area contributed by atoms with E-state index in [-0.39, 0.29) is 18.8 Å². The summed E-state index contributed by atoms with van der Waals surface area (Å²) in [5.74, 6) is -0.252. The molecule has 1 amide bonds. The quantitative estimate of drug-likeness (QED) is 0.496. The highest BCUT2D eigenvalue weighted by molar-refractivity contribution is 5.88. The van der Waals surface area contributed by atoms with Gasteiger partial charge in [0.15, 0.2) is 5.69 Å². The number of anilines is 2. The van der Waals surface area contributed by atoms with Crippen molar-refractivity contribution in [3.8, 4) is 0 Å². The molecule has 5 N–H and O–H groups in total. The van der Waals surface area contributed by atoms with E-state index >= 15 is 0 Å². The van der Waals surface area contributed by atoms with Gasteiger partial charge in [-0.15, -0.1) is 0 Å². The van der Waals surface area contributed by atoms with Crippen molar-refractivity contribution in [1.29, 1.82) is 0 Å². The van der Waals surface area contributed by atoms with Gasteiger partial charge in [0.05, 0.1) is 19.3 Å². The number of carbonyl (C=O) groups is 2. The molecule has 0 bridgehead atoms. The molecule has 0 saturated carbocycles. The third kappa shape index (κ3) is 3.81. The Bertz CT molecular complexity index is 450. The lowest BCUT2D eigenvalue weighted by Gasteiger charge is -2.09. The molecule has 8 nitrogen and oxygen atoms in total. The molecule has 1 rings (SSSR count). The molecule has 0 saturated heterocycles. The number of amides is 1. The van der Waals surface area contributed by atoms with Crippen LogP contribution >= 0.6 is 0 Å². The largest absolute Gasteiger partial charge is 0.464 e. The Balaban J connectivity index is 2.64. The number of carbonyl (C=O) groups excluding carboxylic acids is 2. The van der Waals surface area contributed by atoms with Gasteiger partial charge < -0.3 is 26.3 Å². The monoisotopic (exact) mass is 254 g/mol. The highest BCUT2D eigenvalue weighted by Crippen LogP contribution is 2.15. The molecular weight excluding hydrogens is 240 g/mol. The second-order valence-electron chi connectivity index (χ2n) is 3.22. The topological polar surface area (TPSA) is 130 Å². The highest BCUT2D eigenvalue weighted by Gasteiger charge is 2.10. The van der Waals surface area contributed by atoms with E-state index < -0.39 is 12.1 Å². The number of nitrogens with zero attached hydrogens (tertiary/aromatic N) is 1. The van der Waals surface area contributed by atoms with Crippen molar-refractivity contribution in [2.45, 2.75) is 0 Å². The minimum absolute atomic E-state index is 0.0684. The van der Waals surface area contributed by atoms with Crippen LogP contribution in [0.25, 0.3) is 0 Å². The first kappa shape index (κ1) is 13.6. The number of nitrogens with one attached hydrogen (secondary N) is 1. The highest BCUT2D eigenvalue weighted by atomic mass is 16.5. The van der Waals surface area contributed by atoms with E-state index in [0.717, 1.165) is 0 Å². The van der Waals surface area contributed by atoms with Crippen molar-refractivity contribution < 1.29 is 19.1 Å². The predicted molar refractivity (Wildman–Crippen MR) is 64.0 cm³/mol. The van der Waals surface area contributed by atoms with Crippen LogP contribution in [-0.2, 0) is 9.47 Å². The molecule has 0 aliphatic rings. The van der Waals surface area contributed by atoms with Crippen molar-refractivity contribution in [2.75, 3.05) is 31.3 Å². The van der Waals surface area contributed by atoms with Gasteiger partial charge in [-0.1, -0.05) is 0 Å². The first-order valence-electron chi connectivity index (χ1n) is 5.05. The van der Waals surface area contributed by atoms with E-state index in [4.69, 9.17) is 11.5 Å². The lowest BCUT2D eigenvalue weighted by molar-refractivity contribution is 0.0594. The minimum Gasteiger partial charge on any atom is -0.464 e. The average Bonchev–Trinajstić information content (AvgIpc) is 2.35. The van der Waals surface area contributed by atoms with Gasteiger partial charge in [0.1, 0.15) is 12.4 Å². The van der Waals surface area contributed by atoms with Crippen LogP contribution in [0.15, 0.2) is 12.1 Å². The molecule has 98 valence electrons. The maximum absolute atomic E-state index is 11.3. The second kappa shape index (κ2) is 6.28. The van der Waals surface area contributed by atoms with Crippen LogP contribution in [0.2, 0.25) is 0 Å². The van der Waals surface area contributed by atoms with Crippen LogP contribution in [0, 0.1) is 0 Å². The van der Waals surface area contributed by atoms with E-state index in [0.29, 0.717) is 11.5 Å². The summed E-state index contributed by atoms with van der Waals surface area (Å²) in [6.07, 6.45) is -0.860. The van der Waals surface area contributed by atoms with Crippen molar-refractivity contribution >= 4 is 23.6 Å². The lowest BCUT2D eigenvalue weighted by atomic mass is 10.3. The zero-order chi connectivity index (χ0) is 13.5. The molecule has 0 aliphatic carbocycles. The molecular formula is C10H14N4O4. The summed E-state index contributed by atoms with van der Waals surface area (Å²) >= 11 is 0. The van der Waals surface area contributed by atoms with Crippen molar-refractivity contribution in [1.82, 2.24) is 4.98 Å². The molecule has 18 heavy (non-hydrogen) atoms. The molecule has 0 fully saturated rings. The van der Waals surface area contributed by atoms with Gasteiger partial charge in [0.25, 0.3) is 0 Å².